The summed E-state index contributed by atoms with van der Waals surface area (Å²) < 4.78 is 13.3. The molecule has 3 aromatic rings. The van der Waals surface area contributed by atoms with Crippen molar-refractivity contribution in [3.8, 4) is 0 Å². The van der Waals surface area contributed by atoms with Crippen LogP contribution in [0.5, 0.6) is 0 Å². The molecule has 0 spiro atoms. The van der Waals surface area contributed by atoms with Gasteiger partial charge in [-0.3, -0.25) is 9.89 Å². The van der Waals surface area contributed by atoms with Crippen LogP contribution in [-0.4, -0.2) is 54.1 Å². The van der Waals surface area contributed by atoms with Gasteiger partial charge < -0.3 is 15.6 Å². The molecule has 174 valence electrons. The first-order chi connectivity index (χ1) is 15.1. The van der Waals surface area contributed by atoms with Gasteiger partial charge in [-0.15, -0.1) is 35.3 Å². The molecule has 0 unspecified atom stereocenters. The van der Waals surface area contributed by atoms with Gasteiger partial charge in [0.15, 0.2) is 5.96 Å². The monoisotopic (exact) mass is 570 g/mol. The third-order valence-electron chi connectivity index (χ3n) is 5.96. The molecule has 6 nitrogen and oxygen atoms in total. The molecular weight excluding hydrogens is 538 g/mol. The van der Waals surface area contributed by atoms with Gasteiger partial charge in [0, 0.05) is 49.2 Å². The molecule has 32 heavy (non-hydrogen) atoms. The van der Waals surface area contributed by atoms with Gasteiger partial charge in [0.2, 0.25) is 0 Å². The number of guanidine groups is 1. The summed E-state index contributed by atoms with van der Waals surface area (Å²) in [5.74, 6) is 1.29. The molecule has 1 saturated heterocycles. The maximum atomic E-state index is 13.3. The Morgan fingerprint density at radius 3 is 2.84 bits per heavy atom. The van der Waals surface area contributed by atoms with Crippen LogP contribution in [0.1, 0.15) is 29.1 Å². The molecule has 9 heteroatoms. The number of aliphatic imine (C=N–C) groups is 1. The molecule has 0 bridgehead atoms. The Bertz CT molecular complexity index is 1020. The molecule has 1 aliphatic heterocycles. The van der Waals surface area contributed by atoms with Gasteiger partial charge in [-0.05, 0) is 69.0 Å². The van der Waals surface area contributed by atoms with E-state index in [4.69, 9.17) is 0 Å². The average Bonchev–Trinajstić information content (AvgIpc) is 3.37. The van der Waals surface area contributed by atoms with E-state index in [0.29, 0.717) is 5.92 Å². The summed E-state index contributed by atoms with van der Waals surface area (Å²) in [5, 5.41) is 11.3. The second kappa shape index (κ2) is 11.9. The SMILES string of the molecule is CN=C(NCCc1c[nH]c2cc(F)ccc12)NCC1CCN(Cc2csc(C)n2)CC1.I. The van der Waals surface area contributed by atoms with Crippen molar-refractivity contribution in [3.05, 3.63) is 51.9 Å². The van der Waals surface area contributed by atoms with Gasteiger partial charge in [0.25, 0.3) is 0 Å². The van der Waals surface area contributed by atoms with Crippen LogP contribution in [0.2, 0.25) is 0 Å². The molecule has 1 aliphatic rings. The quantitative estimate of drug-likeness (QED) is 0.225. The number of halogens is 2. The maximum absolute atomic E-state index is 13.3. The fourth-order valence-corrected chi connectivity index (χ4v) is 4.80. The number of aromatic amines is 1. The smallest absolute Gasteiger partial charge is 0.190 e. The first-order valence-corrected chi connectivity index (χ1v) is 11.8. The number of fused-ring (bicyclic) bond motifs is 1. The van der Waals surface area contributed by atoms with Crippen molar-refractivity contribution in [1.29, 1.82) is 0 Å². The number of hydrogen-bond acceptors (Lipinski definition) is 4. The van der Waals surface area contributed by atoms with E-state index in [-0.39, 0.29) is 29.8 Å². The largest absolute Gasteiger partial charge is 0.361 e. The molecule has 0 radical (unpaired) electrons. The van der Waals surface area contributed by atoms with E-state index in [1.807, 2.05) is 19.3 Å². The molecule has 0 atom stereocenters. The fraction of sp³-hybridized carbons (Fsp3) is 0.478. The lowest BCUT2D eigenvalue weighted by Gasteiger charge is -2.31. The van der Waals surface area contributed by atoms with E-state index in [9.17, 15) is 4.39 Å². The number of likely N-dealkylation sites (tertiary alicyclic amines) is 1. The van der Waals surface area contributed by atoms with Crippen LogP contribution in [0.4, 0.5) is 4.39 Å². The number of aryl methyl sites for hydroxylation is 1. The van der Waals surface area contributed by atoms with Gasteiger partial charge in [-0.2, -0.15) is 0 Å². The summed E-state index contributed by atoms with van der Waals surface area (Å²) in [6.45, 7) is 6.99. The average molecular weight is 571 g/mol. The summed E-state index contributed by atoms with van der Waals surface area (Å²) in [4.78, 5) is 14.6. The van der Waals surface area contributed by atoms with Gasteiger partial charge in [-0.25, -0.2) is 9.37 Å². The van der Waals surface area contributed by atoms with Crippen LogP contribution < -0.4 is 10.6 Å². The molecule has 4 rings (SSSR count). The minimum Gasteiger partial charge on any atom is -0.361 e. The highest BCUT2D eigenvalue weighted by Crippen LogP contribution is 2.20. The number of nitrogens with one attached hydrogen (secondary N) is 3. The molecule has 0 saturated carbocycles. The highest BCUT2D eigenvalue weighted by Gasteiger charge is 2.20. The van der Waals surface area contributed by atoms with Crippen molar-refractivity contribution in [2.45, 2.75) is 32.7 Å². The minimum atomic E-state index is -0.215. The van der Waals surface area contributed by atoms with Gasteiger partial charge in [-0.1, -0.05) is 0 Å². The number of nitrogens with zero attached hydrogens (tertiary/aromatic N) is 3. The van der Waals surface area contributed by atoms with Crippen LogP contribution in [0.25, 0.3) is 10.9 Å². The summed E-state index contributed by atoms with van der Waals surface area (Å²) in [5.41, 5.74) is 3.22. The second-order valence-corrected chi connectivity index (χ2v) is 9.27. The summed E-state index contributed by atoms with van der Waals surface area (Å²) in [6, 6.07) is 4.89. The number of H-pyrrole nitrogens is 1. The lowest BCUT2D eigenvalue weighted by atomic mass is 9.97. The Balaban J connectivity index is 0.00000289. The standard InChI is InChI=1S/C23H31FN6S.HI/c1-16-29-20(15-31-16)14-30-9-6-17(7-10-30)12-28-23(25-2)26-8-5-18-13-27-22-11-19(24)3-4-21(18)22;/h3-4,11,13,15,17,27H,5-10,12,14H2,1-2H3,(H2,25,26,28);1H. The van der Waals surface area contributed by atoms with Gasteiger partial charge in [0.1, 0.15) is 5.82 Å². The molecule has 0 amide bonds. The van der Waals surface area contributed by atoms with Gasteiger partial charge in [0.05, 0.1) is 10.7 Å². The maximum Gasteiger partial charge on any atom is 0.190 e. The van der Waals surface area contributed by atoms with Crippen molar-refractivity contribution < 1.29 is 4.39 Å². The zero-order valence-corrected chi connectivity index (χ0v) is 21.8. The van der Waals surface area contributed by atoms with E-state index in [1.165, 1.54) is 36.2 Å². The Hall–Kier alpha value is -1.72. The van der Waals surface area contributed by atoms with E-state index < -0.39 is 0 Å². The Labute approximate surface area is 210 Å². The zero-order chi connectivity index (χ0) is 21.6. The molecule has 0 aliphatic carbocycles. The Kier molecular flexibility index (Phi) is 9.30. The number of piperidine rings is 1. The normalized spacial score (nSPS) is 15.7. The highest BCUT2D eigenvalue weighted by molar-refractivity contribution is 14.0. The van der Waals surface area contributed by atoms with E-state index in [0.717, 1.165) is 61.0 Å². The lowest BCUT2D eigenvalue weighted by Crippen LogP contribution is -2.43. The lowest BCUT2D eigenvalue weighted by molar-refractivity contribution is 0.176. The first kappa shape index (κ1) is 24.9. The van der Waals surface area contributed by atoms with Crippen LogP contribution >= 0.6 is 35.3 Å². The van der Waals surface area contributed by atoms with Crippen LogP contribution in [0, 0.1) is 18.7 Å². The van der Waals surface area contributed by atoms with Crippen molar-refractivity contribution in [2.75, 3.05) is 33.2 Å². The predicted octanol–water partition coefficient (Wildman–Crippen LogP) is 4.31. The molecule has 1 aromatic carbocycles. The van der Waals surface area contributed by atoms with Crippen molar-refractivity contribution in [1.82, 2.24) is 25.5 Å². The molecule has 2 aromatic heterocycles. The Morgan fingerprint density at radius 1 is 1.31 bits per heavy atom. The molecule has 1 fully saturated rings. The van der Waals surface area contributed by atoms with Crippen LogP contribution in [0.15, 0.2) is 34.8 Å². The first-order valence-electron chi connectivity index (χ1n) is 10.9. The molecule has 3 heterocycles. The van der Waals surface area contributed by atoms with E-state index >= 15 is 0 Å². The highest BCUT2D eigenvalue weighted by atomic mass is 127. The molecular formula is C23H32FIN6S. The number of thiazole rings is 1. The number of benzene rings is 1. The van der Waals surface area contributed by atoms with E-state index in [2.05, 4.69) is 42.8 Å². The predicted molar refractivity (Wildman–Crippen MR) is 142 cm³/mol. The number of rotatable bonds is 7. The summed E-state index contributed by atoms with van der Waals surface area (Å²) in [7, 11) is 1.81. The third-order valence-corrected chi connectivity index (χ3v) is 6.78. The number of hydrogen-bond donors (Lipinski definition) is 3. The van der Waals surface area contributed by atoms with Crippen LogP contribution in [0.3, 0.4) is 0 Å². The van der Waals surface area contributed by atoms with Crippen molar-refractivity contribution in [2.24, 2.45) is 10.9 Å². The van der Waals surface area contributed by atoms with E-state index in [1.54, 1.807) is 11.3 Å². The third kappa shape index (κ3) is 6.64. The van der Waals surface area contributed by atoms with Gasteiger partial charge >= 0.3 is 0 Å². The number of aromatic nitrogens is 2. The minimum absolute atomic E-state index is 0. The topological polar surface area (TPSA) is 68.3 Å². The summed E-state index contributed by atoms with van der Waals surface area (Å²) >= 11 is 1.73. The fourth-order valence-electron chi connectivity index (χ4n) is 4.20. The zero-order valence-electron chi connectivity index (χ0n) is 18.7. The molecule has 3 N–H and O–H groups in total. The Morgan fingerprint density at radius 2 is 2.12 bits per heavy atom. The van der Waals surface area contributed by atoms with Crippen molar-refractivity contribution in [3.63, 3.8) is 0 Å². The van der Waals surface area contributed by atoms with Crippen LogP contribution in [-0.2, 0) is 13.0 Å². The second-order valence-electron chi connectivity index (χ2n) is 8.21. The van der Waals surface area contributed by atoms with Crippen molar-refractivity contribution >= 4 is 52.2 Å². The summed E-state index contributed by atoms with van der Waals surface area (Å²) in [6.07, 6.45) is 5.20.